The third-order valence-corrected chi connectivity index (χ3v) is 5.88. The van der Waals surface area contributed by atoms with Gasteiger partial charge < -0.3 is 14.8 Å². The summed E-state index contributed by atoms with van der Waals surface area (Å²) in [6.07, 6.45) is 0. The minimum Gasteiger partial charge on any atom is -0.497 e. The van der Waals surface area contributed by atoms with Crippen molar-refractivity contribution >= 4 is 28.8 Å². The monoisotopic (exact) mass is 456 g/mol. The highest BCUT2D eigenvalue weighted by Crippen LogP contribution is 2.38. The van der Waals surface area contributed by atoms with E-state index in [2.05, 4.69) is 19.2 Å². The molecule has 3 aromatic rings. The number of aryl methyl sites for hydroxylation is 1. The highest BCUT2D eigenvalue weighted by Gasteiger charge is 2.41. The smallest absolute Gasteiger partial charge is 0.282 e. The van der Waals surface area contributed by atoms with Crippen molar-refractivity contribution in [2.45, 2.75) is 26.7 Å². The molecule has 0 atom stereocenters. The highest BCUT2D eigenvalue weighted by molar-refractivity contribution is 6.46. The lowest BCUT2D eigenvalue weighted by molar-refractivity contribution is -0.120. The van der Waals surface area contributed by atoms with Gasteiger partial charge in [0.2, 0.25) is 0 Å². The van der Waals surface area contributed by atoms with Gasteiger partial charge in [-0.05, 0) is 65.9 Å². The lowest BCUT2D eigenvalue weighted by atomic mass is 10.0. The summed E-state index contributed by atoms with van der Waals surface area (Å²) in [5.74, 6) is 0.649. The summed E-state index contributed by atoms with van der Waals surface area (Å²) in [6.45, 7) is 6.15. The van der Waals surface area contributed by atoms with Gasteiger partial charge in [-0.3, -0.25) is 9.59 Å². The number of benzene rings is 3. The molecule has 1 N–H and O–H groups in total. The standard InChI is InChI=1S/C28H28N2O4/c1-17(2)19-7-11-21(12-8-19)29-26-25(20-9-13-22(33-4)14-10-20)27(31)30(28(26)32)23-16-18(3)6-15-24(23)34-5/h6-17,29H,1-5H3. The van der Waals surface area contributed by atoms with Gasteiger partial charge >= 0.3 is 0 Å². The van der Waals surface area contributed by atoms with Gasteiger partial charge in [-0.2, -0.15) is 0 Å². The molecule has 0 radical (unpaired) electrons. The fourth-order valence-corrected chi connectivity index (χ4v) is 3.96. The highest BCUT2D eigenvalue weighted by atomic mass is 16.5. The maximum Gasteiger partial charge on any atom is 0.282 e. The summed E-state index contributed by atoms with van der Waals surface area (Å²) in [5, 5.41) is 3.21. The average molecular weight is 457 g/mol. The first-order chi connectivity index (χ1) is 16.3. The molecule has 0 spiro atoms. The SMILES string of the molecule is COc1ccc(C2=C(Nc3ccc(C(C)C)cc3)C(=O)N(c3cc(C)ccc3OC)C2=O)cc1. The van der Waals surface area contributed by atoms with Crippen LogP contribution in [0.5, 0.6) is 11.5 Å². The second-order valence-corrected chi connectivity index (χ2v) is 8.50. The minimum atomic E-state index is -0.437. The van der Waals surface area contributed by atoms with E-state index in [4.69, 9.17) is 9.47 Å². The van der Waals surface area contributed by atoms with Crippen molar-refractivity contribution in [3.8, 4) is 11.5 Å². The maximum atomic E-state index is 13.7. The lowest BCUT2D eigenvalue weighted by Gasteiger charge is -2.19. The molecule has 0 saturated heterocycles. The lowest BCUT2D eigenvalue weighted by Crippen LogP contribution is -2.32. The van der Waals surface area contributed by atoms with Crippen LogP contribution in [0.25, 0.3) is 5.57 Å². The number of anilines is 2. The van der Waals surface area contributed by atoms with Crippen LogP contribution >= 0.6 is 0 Å². The Labute approximate surface area is 199 Å². The fourth-order valence-electron chi connectivity index (χ4n) is 3.96. The van der Waals surface area contributed by atoms with Crippen molar-refractivity contribution in [3.63, 3.8) is 0 Å². The molecule has 1 aliphatic heterocycles. The van der Waals surface area contributed by atoms with Crippen molar-refractivity contribution in [3.05, 3.63) is 89.1 Å². The van der Waals surface area contributed by atoms with Gasteiger partial charge in [0.25, 0.3) is 11.8 Å². The van der Waals surface area contributed by atoms with Gasteiger partial charge in [-0.15, -0.1) is 0 Å². The molecule has 0 unspecified atom stereocenters. The Kier molecular flexibility index (Phi) is 6.41. The molecule has 6 heteroatoms. The van der Waals surface area contributed by atoms with E-state index in [-0.39, 0.29) is 5.70 Å². The molecule has 0 fully saturated rings. The number of carbonyl (C=O) groups is 2. The van der Waals surface area contributed by atoms with Crippen LogP contribution in [0, 0.1) is 6.92 Å². The number of nitrogens with zero attached hydrogens (tertiary/aromatic N) is 1. The normalized spacial score (nSPS) is 13.6. The van der Waals surface area contributed by atoms with E-state index in [0.717, 1.165) is 11.3 Å². The van der Waals surface area contributed by atoms with Crippen molar-refractivity contribution in [2.75, 3.05) is 24.4 Å². The second kappa shape index (κ2) is 9.43. The van der Waals surface area contributed by atoms with Crippen molar-refractivity contribution in [1.29, 1.82) is 0 Å². The van der Waals surface area contributed by atoms with Crippen molar-refractivity contribution in [1.82, 2.24) is 0 Å². The minimum absolute atomic E-state index is 0.219. The number of carbonyl (C=O) groups excluding carboxylic acids is 2. The van der Waals surface area contributed by atoms with E-state index in [1.807, 2.05) is 37.3 Å². The van der Waals surface area contributed by atoms with Crippen LogP contribution in [0.1, 0.15) is 36.5 Å². The number of ether oxygens (including phenoxy) is 2. The summed E-state index contributed by atoms with van der Waals surface area (Å²) in [4.78, 5) is 28.6. The zero-order chi connectivity index (χ0) is 24.4. The predicted molar refractivity (Wildman–Crippen MR) is 134 cm³/mol. The summed E-state index contributed by atoms with van der Waals surface area (Å²) in [5.41, 5.74) is 4.37. The molecule has 0 saturated carbocycles. The maximum absolute atomic E-state index is 13.7. The number of methoxy groups -OCH3 is 2. The van der Waals surface area contributed by atoms with Crippen molar-refractivity contribution in [2.24, 2.45) is 0 Å². The Hall–Kier alpha value is -4.06. The zero-order valence-corrected chi connectivity index (χ0v) is 20.0. The van der Waals surface area contributed by atoms with E-state index in [9.17, 15) is 9.59 Å². The van der Waals surface area contributed by atoms with Crippen LogP contribution in [-0.4, -0.2) is 26.0 Å². The van der Waals surface area contributed by atoms with Crippen LogP contribution < -0.4 is 19.7 Å². The molecule has 1 heterocycles. The topological polar surface area (TPSA) is 67.9 Å². The van der Waals surface area contributed by atoms with Crippen molar-refractivity contribution < 1.29 is 19.1 Å². The predicted octanol–water partition coefficient (Wildman–Crippen LogP) is 5.53. The van der Waals surface area contributed by atoms with Crippen LogP contribution in [0.3, 0.4) is 0 Å². The Bertz CT molecular complexity index is 1260. The molecule has 1 aliphatic rings. The molecule has 0 aromatic heterocycles. The van der Waals surface area contributed by atoms with E-state index in [1.54, 1.807) is 43.5 Å². The van der Waals surface area contributed by atoms with Crippen LogP contribution in [0.2, 0.25) is 0 Å². The molecule has 2 amide bonds. The molecule has 34 heavy (non-hydrogen) atoms. The molecule has 6 nitrogen and oxygen atoms in total. The Morgan fingerprint density at radius 3 is 2.09 bits per heavy atom. The zero-order valence-electron chi connectivity index (χ0n) is 20.0. The largest absolute Gasteiger partial charge is 0.497 e. The van der Waals surface area contributed by atoms with Crippen LogP contribution in [0.15, 0.2) is 72.4 Å². The molecule has 0 bridgehead atoms. The van der Waals surface area contributed by atoms with E-state index >= 15 is 0 Å². The van der Waals surface area contributed by atoms with E-state index in [0.29, 0.717) is 34.2 Å². The van der Waals surface area contributed by atoms with Gasteiger partial charge in [0.1, 0.15) is 17.2 Å². The number of rotatable bonds is 7. The second-order valence-electron chi connectivity index (χ2n) is 8.50. The van der Waals surface area contributed by atoms with E-state index < -0.39 is 11.8 Å². The number of amides is 2. The first kappa shape index (κ1) is 23.1. The number of hydrogen-bond acceptors (Lipinski definition) is 5. The van der Waals surface area contributed by atoms with Gasteiger partial charge in [0, 0.05) is 5.69 Å². The van der Waals surface area contributed by atoms with Gasteiger partial charge in [-0.25, -0.2) is 4.90 Å². The van der Waals surface area contributed by atoms with Crippen LogP contribution in [0.4, 0.5) is 11.4 Å². The van der Waals surface area contributed by atoms with Gasteiger partial charge in [-0.1, -0.05) is 44.2 Å². The summed E-state index contributed by atoms with van der Waals surface area (Å²) in [7, 11) is 3.10. The molecule has 3 aromatic carbocycles. The molecule has 174 valence electrons. The first-order valence-electron chi connectivity index (χ1n) is 11.1. The average Bonchev–Trinajstić information content (AvgIpc) is 3.08. The number of imide groups is 1. The fraction of sp³-hybridized carbons (Fsp3) is 0.214. The molecular weight excluding hydrogens is 428 g/mol. The number of hydrogen-bond donors (Lipinski definition) is 1. The Balaban J connectivity index is 1.81. The molecular formula is C28H28N2O4. The van der Waals surface area contributed by atoms with Gasteiger partial charge in [0.05, 0.1) is 25.5 Å². The summed E-state index contributed by atoms with van der Waals surface area (Å²) < 4.78 is 10.7. The Morgan fingerprint density at radius 1 is 0.824 bits per heavy atom. The quantitative estimate of drug-likeness (QED) is 0.473. The third kappa shape index (κ3) is 4.27. The van der Waals surface area contributed by atoms with Gasteiger partial charge in [0.15, 0.2) is 0 Å². The number of nitrogens with one attached hydrogen (secondary N) is 1. The Morgan fingerprint density at radius 2 is 1.50 bits per heavy atom. The molecule has 0 aliphatic carbocycles. The summed E-state index contributed by atoms with van der Waals surface area (Å²) in [6, 6.07) is 20.4. The first-order valence-corrected chi connectivity index (χ1v) is 11.1. The third-order valence-electron chi connectivity index (χ3n) is 5.88. The molecule has 4 rings (SSSR count). The summed E-state index contributed by atoms with van der Waals surface area (Å²) >= 11 is 0. The van der Waals surface area contributed by atoms with E-state index in [1.165, 1.54) is 17.6 Å². The van der Waals surface area contributed by atoms with Crippen LogP contribution in [-0.2, 0) is 9.59 Å².